The molecule has 0 bridgehead atoms. The van der Waals surface area contributed by atoms with Gasteiger partial charge in [-0.3, -0.25) is 0 Å². The van der Waals surface area contributed by atoms with E-state index in [2.05, 4.69) is 0 Å². The molecule has 0 amide bonds. The largest absolute Gasteiger partial charge is 0.855 e. The van der Waals surface area contributed by atoms with Crippen LogP contribution in [0.25, 0.3) is 0 Å². The van der Waals surface area contributed by atoms with Gasteiger partial charge in [0.2, 0.25) is 0 Å². The molecule has 0 radical (unpaired) electrons. The molecule has 0 saturated carbocycles. The standard InChI is InChI=1S/5C2H5O.Mo/c5*1-2-3;/h5*2H2,1H3;/q5*-1;. The molecule has 0 aliphatic carbocycles. The summed E-state index contributed by atoms with van der Waals surface area (Å²) in [5, 5.41) is 44.7. The third-order valence-electron chi connectivity index (χ3n) is 0. The van der Waals surface area contributed by atoms with E-state index in [-0.39, 0.29) is 54.1 Å². The SMILES string of the molecule is CC[O-].CC[O-].CC[O-].CC[O-].CC[O-].[Mo]. The maximum Gasteiger partial charge on any atom is 0 e. The minimum atomic E-state index is 0. The first-order valence-corrected chi connectivity index (χ1v) is 4.98. The van der Waals surface area contributed by atoms with E-state index >= 15 is 0 Å². The summed E-state index contributed by atoms with van der Waals surface area (Å²) < 4.78 is 0. The van der Waals surface area contributed by atoms with Gasteiger partial charge >= 0.3 is 0 Å². The fourth-order valence-electron chi connectivity index (χ4n) is 0. The van der Waals surface area contributed by atoms with Crippen LogP contribution in [0.15, 0.2) is 0 Å². The molecule has 0 aromatic carbocycles. The first-order valence-electron chi connectivity index (χ1n) is 4.98. The van der Waals surface area contributed by atoms with Crippen molar-refractivity contribution >= 4 is 0 Å². The van der Waals surface area contributed by atoms with Crippen molar-refractivity contribution in [2.45, 2.75) is 34.6 Å². The molecule has 0 spiro atoms. The summed E-state index contributed by atoms with van der Waals surface area (Å²) in [4.78, 5) is 0. The monoisotopic (exact) mass is 323 g/mol. The van der Waals surface area contributed by atoms with Crippen molar-refractivity contribution in [3.8, 4) is 0 Å². The zero-order valence-electron chi connectivity index (χ0n) is 11.0. The van der Waals surface area contributed by atoms with E-state index in [1.807, 2.05) is 0 Å². The van der Waals surface area contributed by atoms with Gasteiger partial charge in [0.05, 0.1) is 0 Å². The van der Waals surface area contributed by atoms with Crippen LogP contribution in [0, 0.1) is 0 Å². The molecule has 6 heteroatoms. The molecule has 0 fully saturated rings. The average Bonchev–Trinajstić information content (AvgIpc) is 2.09. The third-order valence-corrected chi connectivity index (χ3v) is 0. The second-order valence-electron chi connectivity index (χ2n) is 1.44. The van der Waals surface area contributed by atoms with Gasteiger partial charge in [-0.15, -0.1) is 33.0 Å². The average molecular weight is 321 g/mol. The fourth-order valence-corrected chi connectivity index (χ4v) is 0. The normalized spacial score (nSPS) is 5.62. The molecule has 0 saturated heterocycles. The Kier molecular flexibility index (Phi) is 243. The molecular formula is C10H25MoO5-5. The molecule has 0 N–H and O–H groups in total. The maximum absolute atomic E-state index is 8.93. The Labute approximate surface area is 114 Å². The molecule has 16 heavy (non-hydrogen) atoms. The van der Waals surface area contributed by atoms with Crippen LogP contribution in [0.1, 0.15) is 34.6 Å². The van der Waals surface area contributed by atoms with Gasteiger partial charge in [-0.2, -0.15) is 0 Å². The van der Waals surface area contributed by atoms with E-state index in [1.54, 1.807) is 34.6 Å². The van der Waals surface area contributed by atoms with Crippen LogP contribution >= 0.6 is 0 Å². The second kappa shape index (κ2) is 108. The second-order valence-corrected chi connectivity index (χ2v) is 1.44. The topological polar surface area (TPSA) is 115 Å². The third kappa shape index (κ3) is 11100. The molecule has 0 rings (SSSR count). The molecular weight excluding hydrogens is 296 g/mol. The van der Waals surface area contributed by atoms with E-state index in [0.717, 1.165) is 0 Å². The van der Waals surface area contributed by atoms with Crippen LogP contribution in [-0.2, 0) is 21.1 Å². The van der Waals surface area contributed by atoms with Crippen molar-refractivity contribution in [1.29, 1.82) is 0 Å². The summed E-state index contributed by atoms with van der Waals surface area (Å²) in [7, 11) is 0. The fraction of sp³-hybridized carbons (Fsp3) is 1.00. The Morgan fingerprint density at radius 2 is 0.438 bits per heavy atom. The molecule has 0 atom stereocenters. The molecule has 0 unspecified atom stereocenters. The molecule has 0 aliphatic rings. The summed E-state index contributed by atoms with van der Waals surface area (Å²) in [6.45, 7) is 7.85. The summed E-state index contributed by atoms with van der Waals surface area (Å²) in [5.74, 6) is 0. The smallest absolute Gasteiger partial charge is 0 e. The van der Waals surface area contributed by atoms with E-state index in [1.165, 1.54) is 0 Å². The number of hydrogen-bond acceptors (Lipinski definition) is 5. The van der Waals surface area contributed by atoms with Crippen LogP contribution in [-0.4, -0.2) is 33.0 Å². The van der Waals surface area contributed by atoms with Crippen molar-refractivity contribution in [2.24, 2.45) is 0 Å². The van der Waals surface area contributed by atoms with E-state index in [0.29, 0.717) is 0 Å². The zero-order valence-corrected chi connectivity index (χ0v) is 13.0. The van der Waals surface area contributed by atoms with Crippen LogP contribution in [0.5, 0.6) is 0 Å². The zero-order chi connectivity index (χ0) is 13.5. The van der Waals surface area contributed by atoms with E-state index < -0.39 is 0 Å². The molecule has 0 aromatic heterocycles. The first-order chi connectivity index (χ1) is 7.07. The Balaban J connectivity index is -0.0000000192. The minimum absolute atomic E-state index is 0. The van der Waals surface area contributed by atoms with Gasteiger partial charge in [0, 0.05) is 21.1 Å². The first kappa shape index (κ1) is 36.0. The van der Waals surface area contributed by atoms with Gasteiger partial charge in [0.15, 0.2) is 0 Å². The van der Waals surface area contributed by atoms with Gasteiger partial charge < -0.3 is 25.5 Å². The summed E-state index contributed by atoms with van der Waals surface area (Å²) >= 11 is 0. The Bertz CT molecular complexity index is 30.8. The maximum atomic E-state index is 8.93. The molecule has 5 nitrogen and oxygen atoms in total. The van der Waals surface area contributed by atoms with Crippen molar-refractivity contribution in [2.75, 3.05) is 33.0 Å². The van der Waals surface area contributed by atoms with Crippen molar-refractivity contribution in [3.63, 3.8) is 0 Å². The quantitative estimate of drug-likeness (QED) is 0.437. The van der Waals surface area contributed by atoms with Crippen molar-refractivity contribution in [3.05, 3.63) is 0 Å². The number of hydrogen-bond donors (Lipinski definition) is 0. The van der Waals surface area contributed by atoms with E-state index in [9.17, 15) is 0 Å². The van der Waals surface area contributed by atoms with Gasteiger partial charge in [0.25, 0.3) is 0 Å². The van der Waals surface area contributed by atoms with E-state index in [4.69, 9.17) is 25.5 Å². The molecule has 0 aromatic rings. The van der Waals surface area contributed by atoms with Gasteiger partial charge in [0.1, 0.15) is 0 Å². The predicted molar refractivity (Wildman–Crippen MR) is 52.7 cm³/mol. The molecule has 0 heterocycles. The van der Waals surface area contributed by atoms with Crippen LogP contribution in [0.3, 0.4) is 0 Å². The van der Waals surface area contributed by atoms with Crippen LogP contribution in [0.2, 0.25) is 0 Å². The molecule has 106 valence electrons. The van der Waals surface area contributed by atoms with Gasteiger partial charge in [-0.1, -0.05) is 34.6 Å². The van der Waals surface area contributed by atoms with Crippen LogP contribution < -0.4 is 25.5 Å². The Morgan fingerprint density at radius 1 is 0.438 bits per heavy atom. The van der Waals surface area contributed by atoms with Gasteiger partial charge in [-0.05, 0) is 0 Å². The minimum Gasteiger partial charge on any atom is -0.855 e. The van der Waals surface area contributed by atoms with Crippen LogP contribution in [0.4, 0.5) is 0 Å². The predicted octanol–water partition coefficient (Wildman–Crippen LogP) is -3.17. The van der Waals surface area contributed by atoms with Crippen molar-refractivity contribution in [1.82, 2.24) is 0 Å². The number of rotatable bonds is 0. The molecule has 0 aliphatic heterocycles. The van der Waals surface area contributed by atoms with Crippen molar-refractivity contribution < 1.29 is 46.6 Å². The van der Waals surface area contributed by atoms with Gasteiger partial charge in [-0.25, -0.2) is 0 Å². The summed E-state index contributed by atoms with van der Waals surface area (Å²) in [6, 6.07) is 0. The Hall–Kier alpha value is 0.488. The summed E-state index contributed by atoms with van der Waals surface area (Å²) in [6.07, 6.45) is 0. The Morgan fingerprint density at radius 3 is 0.438 bits per heavy atom. The summed E-state index contributed by atoms with van der Waals surface area (Å²) in [5.41, 5.74) is 0.